The second kappa shape index (κ2) is 8.59. The Morgan fingerprint density at radius 1 is 1.19 bits per heavy atom. The van der Waals surface area contributed by atoms with Crippen LogP contribution in [0, 0.1) is 0 Å². The Hall–Kier alpha value is -1.63. The minimum absolute atomic E-state index is 0.00963. The van der Waals surface area contributed by atoms with Gasteiger partial charge in [0.15, 0.2) is 0 Å². The van der Waals surface area contributed by atoms with Gasteiger partial charge in [-0.15, -0.1) is 0 Å². The molecule has 3 rings (SSSR count). The maximum atomic E-state index is 12.1. The third-order valence-electron chi connectivity index (χ3n) is 6.22. The van der Waals surface area contributed by atoms with Gasteiger partial charge in [-0.3, -0.25) is 14.6 Å². The van der Waals surface area contributed by atoms with Crippen molar-refractivity contribution >= 4 is 5.91 Å². The molecule has 2 heterocycles. The van der Waals surface area contributed by atoms with E-state index in [2.05, 4.69) is 29.0 Å². The number of likely N-dealkylation sites (N-methyl/N-ethyl adjacent to an activating group) is 1. The summed E-state index contributed by atoms with van der Waals surface area (Å²) in [5.74, 6) is 1.03. The Labute approximate surface area is 162 Å². The Morgan fingerprint density at radius 3 is 2.74 bits per heavy atom. The molecule has 2 aliphatic rings. The van der Waals surface area contributed by atoms with E-state index < -0.39 is 0 Å². The molecule has 1 spiro atoms. The highest BCUT2D eigenvalue weighted by Gasteiger charge is 2.41. The highest BCUT2D eigenvalue weighted by molar-refractivity contribution is 5.76. The van der Waals surface area contributed by atoms with Crippen LogP contribution in [-0.2, 0) is 17.9 Å². The fourth-order valence-corrected chi connectivity index (χ4v) is 4.38. The number of carbonyl (C=O) groups excluding carboxylic acids is 1. The van der Waals surface area contributed by atoms with Crippen LogP contribution in [0.3, 0.4) is 0 Å². The van der Waals surface area contributed by atoms with E-state index in [1.54, 1.807) is 0 Å². The lowest BCUT2D eigenvalue weighted by Gasteiger charge is -2.49. The van der Waals surface area contributed by atoms with Crippen LogP contribution in [0.15, 0.2) is 18.2 Å². The van der Waals surface area contributed by atoms with Gasteiger partial charge in [-0.2, -0.15) is 0 Å². The first-order chi connectivity index (χ1) is 13.0. The zero-order valence-electron chi connectivity index (χ0n) is 16.9. The molecule has 1 amide bonds. The summed E-state index contributed by atoms with van der Waals surface area (Å²) < 4.78 is 5.59. The number of carbonyl (C=O) groups is 1. The molecular formula is C21H33N3O3. The summed E-state index contributed by atoms with van der Waals surface area (Å²) in [5, 5.41) is 9.65. The van der Waals surface area contributed by atoms with Crippen LogP contribution in [0.4, 0.5) is 0 Å². The topological polar surface area (TPSA) is 56.2 Å². The number of aliphatic hydroxyl groups is 1. The maximum absolute atomic E-state index is 12.1. The molecule has 2 aliphatic heterocycles. The number of piperazine rings is 1. The van der Waals surface area contributed by atoms with E-state index >= 15 is 0 Å². The number of benzene rings is 1. The summed E-state index contributed by atoms with van der Waals surface area (Å²) in [4.78, 5) is 19.0. The van der Waals surface area contributed by atoms with Gasteiger partial charge in [-0.25, -0.2) is 0 Å². The van der Waals surface area contributed by atoms with Gasteiger partial charge in [0.25, 0.3) is 0 Å². The molecule has 0 radical (unpaired) electrons. The van der Waals surface area contributed by atoms with Gasteiger partial charge >= 0.3 is 0 Å². The van der Waals surface area contributed by atoms with Crippen molar-refractivity contribution in [3.8, 4) is 5.75 Å². The molecule has 2 saturated heterocycles. The maximum Gasteiger partial charge on any atom is 0.222 e. The van der Waals surface area contributed by atoms with Crippen molar-refractivity contribution in [1.82, 2.24) is 14.7 Å². The zero-order chi connectivity index (χ0) is 19.4. The normalized spacial score (nSPS) is 25.0. The van der Waals surface area contributed by atoms with Gasteiger partial charge in [0.2, 0.25) is 5.91 Å². The van der Waals surface area contributed by atoms with Gasteiger partial charge in [0.05, 0.1) is 13.2 Å². The Morgan fingerprint density at radius 2 is 2.00 bits per heavy atom. The van der Waals surface area contributed by atoms with Crippen LogP contribution in [0.5, 0.6) is 5.75 Å². The second-order valence-corrected chi connectivity index (χ2v) is 7.96. The van der Waals surface area contributed by atoms with E-state index in [-0.39, 0.29) is 18.1 Å². The number of rotatable bonds is 5. The van der Waals surface area contributed by atoms with E-state index in [0.717, 1.165) is 56.9 Å². The van der Waals surface area contributed by atoms with Crippen molar-refractivity contribution in [2.75, 3.05) is 46.9 Å². The van der Waals surface area contributed by atoms with Crippen molar-refractivity contribution < 1.29 is 14.6 Å². The summed E-state index contributed by atoms with van der Waals surface area (Å²) in [7, 11) is 4.12. The molecule has 0 unspecified atom stereocenters. The Bertz CT molecular complexity index is 666. The number of hydrogen-bond acceptors (Lipinski definition) is 5. The predicted octanol–water partition coefficient (Wildman–Crippen LogP) is 1.71. The number of nitrogens with zero attached hydrogens (tertiary/aromatic N) is 3. The van der Waals surface area contributed by atoms with E-state index in [4.69, 9.17) is 4.74 Å². The first-order valence-corrected chi connectivity index (χ1v) is 10.0. The average Bonchev–Trinajstić information content (AvgIpc) is 2.81. The first kappa shape index (κ1) is 20.1. The SMILES string of the molecule is CCOc1ccc(CN2CCN(C)[C@]3(CCC(=O)N(C)CC3)C2)cc1CO. The molecule has 150 valence electrons. The van der Waals surface area contributed by atoms with Crippen LogP contribution in [0.2, 0.25) is 0 Å². The van der Waals surface area contributed by atoms with Crippen LogP contribution in [0.25, 0.3) is 0 Å². The quantitative estimate of drug-likeness (QED) is 0.849. The fraction of sp³-hybridized carbons (Fsp3) is 0.667. The summed E-state index contributed by atoms with van der Waals surface area (Å²) in [6.07, 6.45) is 2.58. The number of aliphatic hydroxyl groups excluding tert-OH is 1. The second-order valence-electron chi connectivity index (χ2n) is 7.96. The van der Waals surface area contributed by atoms with Gasteiger partial charge < -0.3 is 14.7 Å². The Balaban J connectivity index is 1.72. The summed E-state index contributed by atoms with van der Waals surface area (Å²) >= 11 is 0. The lowest BCUT2D eigenvalue weighted by Crippen LogP contribution is -2.60. The number of ether oxygens (including phenoxy) is 1. The largest absolute Gasteiger partial charge is 0.494 e. The highest BCUT2D eigenvalue weighted by atomic mass is 16.5. The average molecular weight is 376 g/mol. The minimum Gasteiger partial charge on any atom is -0.494 e. The molecule has 1 aromatic rings. The van der Waals surface area contributed by atoms with Crippen molar-refractivity contribution in [3.63, 3.8) is 0 Å². The summed E-state index contributed by atoms with van der Waals surface area (Å²) in [5.41, 5.74) is 2.12. The van der Waals surface area contributed by atoms with Crippen LogP contribution < -0.4 is 4.74 Å². The first-order valence-electron chi connectivity index (χ1n) is 10.0. The van der Waals surface area contributed by atoms with Crippen molar-refractivity contribution in [1.29, 1.82) is 0 Å². The molecule has 6 nitrogen and oxygen atoms in total. The third-order valence-corrected chi connectivity index (χ3v) is 6.22. The molecule has 1 aromatic carbocycles. The van der Waals surface area contributed by atoms with E-state index in [9.17, 15) is 9.90 Å². The Kier molecular flexibility index (Phi) is 6.40. The number of likely N-dealkylation sites (tertiary alicyclic amines) is 1. The van der Waals surface area contributed by atoms with Crippen LogP contribution >= 0.6 is 0 Å². The van der Waals surface area contributed by atoms with E-state index in [1.165, 1.54) is 5.56 Å². The number of hydrogen-bond donors (Lipinski definition) is 1. The fourth-order valence-electron chi connectivity index (χ4n) is 4.38. The number of amides is 1. The lowest BCUT2D eigenvalue weighted by atomic mass is 9.86. The molecule has 1 atom stereocenters. The summed E-state index contributed by atoms with van der Waals surface area (Å²) in [6, 6.07) is 6.12. The standard InChI is InChI=1S/C21H33N3O3/c1-4-27-19-6-5-17(13-18(19)15-25)14-24-12-11-23(3)21(16-24)8-7-20(26)22(2)10-9-21/h5-6,13,25H,4,7-12,14-16H2,1-3H3/t21-/m0/s1. The van der Waals surface area contributed by atoms with E-state index in [0.29, 0.717) is 13.0 Å². The van der Waals surface area contributed by atoms with Crippen molar-refractivity contribution in [2.45, 2.75) is 44.9 Å². The molecule has 1 N–H and O–H groups in total. The lowest BCUT2D eigenvalue weighted by molar-refractivity contribution is -0.129. The molecule has 0 aliphatic carbocycles. The van der Waals surface area contributed by atoms with Gasteiger partial charge in [-0.1, -0.05) is 6.07 Å². The van der Waals surface area contributed by atoms with Gasteiger partial charge in [0, 0.05) is 57.3 Å². The smallest absolute Gasteiger partial charge is 0.222 e. The van der Waals surface area contributed by atoms with Crippen LogP contribution in [-0.4, -0.2) is 78.1 Å². The minimum atomic E-state index is -0.00963. The summed E-state index contributed by atoms with van der Waals surface area (Å²) in [6.45, 7) is 7.24. The van der Waals surface area contributed by atoms with Gasteiger partial charge in [-0.05, 0) is 44.5 Å². The molecular weight excluding hydrogens is 342 g/mol. The molecule has 27 heavy (non-hydrogen) atoms. The molecule has 6 heteroatoms. The van der Waals surface area contributed by atoms with Crippen LogP contribution in [0.1, 0.15) is 37.3 Å². The molecule has 0 aromatic heterocycles. The molecule has 0 saturated carbocycles. The van der Waals surface area contributed by atoms with Crippen molar-refractivity contribution in [2.24, 2.45) is 0 Å². The highest BCUT2D eigenvalue weighted by Crippen LogP contribution is 2.32. The predicted molar refractivity (Wildman–Crippen MR) is 106 cm³/mol. The molecule has 2 fully saturated rings. The van der Waals surface area contributed by atoms with E-state index in [1.807, 2.05) is 24.9 Å². The monoisotopic (exact) mass is 375 g/mol. The van der Waals surface area contributed by atoms with Gasteiger partial charge in [0.1, 0.15) is 5.75 Å². The van der Waals surface area contributed by atoms with Crippen molar-refractivity contribution in [3.05, 3.63) is 29.3 Å². The molecule has 0 bridgehead atoms. The third kappa shape index (κ3) is 4.45. The zero-order valence-corrected chi connectivity index (χ0v) is 16.9.